The Hall–Kier alpha value is -2.43. The first-order valence-corrected chi connectivity index (χ1v) is 6.10. The molecule has 3 rings (SSSR count). The number of H-pyrrole nitrogens is 1. The average Bonchev–Trinajstić information content (AvgIpc) is 2.74. The minimum atomic E-state index is -0.254. The lowest BCUT2D eigenvalue weighted by atomic mass is 10.2. The number of nitrogens with one attached hydrogen (secondary N) is 1. The third kappa shape index (κ3) is 1.66. The van der Waals surface area contributed by atoms with E-state index >= 15 is 0 Å². The topological polar surface area (TPSA) is 63.6 Å². The highest BCUT2D eigenvalue weighted by atomic mass is 16.1. The van der Waals surface area contributed by atoms with Gasteiger partial charge >= 0.3 is 0 Å². The Balaban J connectivity index is 2.42. The Morgan fingerprint density at radius 3 is 2.58 bits per heavy atom. The van der Waals surface area contributed by atoms with Crippen LogP contribution in [0.1, 0.15) is 17.0 Å². The second kappa shape index (κ2) is 4.05. The summed E-state index contributed by atoms with van der Waals surface area (Å²) in [5.74, 6) is 0. The molecule has 5 nitrogen and oxygen atoms in total. The van der Waals surface area contributed by atoms with E-state index in [0.717, 1.165) is 28.0 Å². The molecule has 3 aromatic rings. The number of hydrogen-bond acceptors (Lipinski definition) is 3. The van der Waals surface area contributed by atoms with E-state index in [9.17, 15) is 4.79 Å². The zero-order chi connectivity index (χ0) is 13.6. The Morgan fingerprint density at radius 1 is 1.16 bits per heavy atom. The van der Waals surface area contributed by atoms with Gasteiger partial charge in [0.15, 0.2) is 5.52 Å². The van der Waals surface area contributed by atoms with Crippen LogP contribution in [0.25, 0.3) is 16.6 Å². The van der Waals surface area contributed by atoms with E-state index in [1.807, 2.05) is 49.7 Å². The lowest BCUT2D eigenvalue weighted by molar-refractivity contribution is 0.851. The van der Waals surface area contributed by atoms with Crippen LogP contribution < -0.4 is 5.56 Å². The quantitative estimate of drug-likeness (QED) is 0.722. The summed E-state index contributed by atoms with van der Waals surface area (Å²) in [6.45, 7) is 5.85. The van der Waals surface area contributed by atoms with Crippen LogP contribution in [0.15, 0.2) is 29.1 Å². The van der Waals surface area contributed by atoms with E-state index in [1.165, 1.54) is 0 Å². The smallest absolute Gasteiger partial charge is 0.265 e. The van der Waals surface area contributed by atoms with E-state index in [1.54, 1.807) is 0 Å². The number of benzene rings is 1. The second-order valence-corrected chi connectivity index (χ2v) is 4.65. The molecule has 0 atom stereocenters. The van der Waals surface area contributed by atoms with Crippen LogP contribution >= 0.6 is 0 Å². The van der Waals surface area contributed by atoms with E-state index < -0.39 is 0 Å². The molecule has 2 aromatic heterocycles. The summed E-state index contributed by atoms with van der Waals surface area (Å²) < 4.78 is 1.81. The highest BCUT2D eigenvalue weighted by Gasteiger charge is 2.15. The van der Waals surface area contributed by atoms with Crippen LogP contribution in [0.4, 0.5) is 0 Å². The largest absolute Gasteiger partial charge is 0.292 e. The predicted octanol–water partition coefficient (Wildman–Crippen LogP) is 2.03. The predicted molar refractivity (Wildman–Crippen MR) is 73.7 cm³/mol. The first-order chi connectivity index (χ1) is 9.09. The minimum absolute atomic E-state index is 0.254. The molecular formula is C14H14N4O. The number of rotatable bonds is 1. The Labute approximate surface area is 109 Å². The minimum Gasteiger partial charge on any atom is -0.265 e. The molecule has 0 aliphatic heterocycles. The van der Waals surface area contributed by atoms with Crippen molar-refractivity contribution in [3.63, 3.8) is 0 Å². The molecular weight excluding hydrogens is 240 g/mol. The van der Waals surface area contributed by atoms with Crippen molar-refractivity contribution in [2.24, 2.45) is 0 Å². The molecule has 0 radical (unpaired) electrons. The monoisotopic (exact) mass is 254 g/mol. The molecule has 96 valence electrons. The van der Waals surface area contributed by atoms with Gasteiger partial charge < -0.3 is 0 Å². The maximum atomic E-state index is 11.8. The molecule has 0 saturated carbocycles. The summed E-state index contributed by atoms with van der Waals surface area (Å²) in [6, 6.07) is 7.96. The van der Waals surface area contributed by atoms with Gasteiger partial charge in [-0.1, -0.05) is 18.2 Å². The van der Waals surface area contributed by atoms with Crippen molar-refractivity contribution in [3.8, 4) is 5.69 Å². The van der Waals surface area contributed by atoms with Gasteiger partial charge in [0.25, 0.3) is 5.56 Å². The van der Waals surface area contributed by atoms with Crippen LogP contribution in [0.3, 0.4) is 0 Å². The van der Waals surface area contributed by atoms with E-state index in [2.05, 4.69) is 15.3 Å². The fraction of sp³-hybridized carbons (Fsp3) is 0.214. The number of aromatic nitrogens is 4. The molecule has 19 heavy (non-hydrogen) atoms. The highest BCUT2D eigenvalue weighted by Crippen LogP contribution is 2.22. The summed E-state index contributed by atoms with van der Waals surface area (Å²) in [4.78, 5) is 11.8. The van der Waals surface area contributed by atoms with Crippen molar-refractivity contribution in [2.45, 2.75) is 20.8 Å². The van der Waals surface area contributed by atoms with Crippen molar-refractivity contribution < 1.29 is 0 Å². The zero-order valence-electron chi connectivity index (χ0n) is 11.1. The van der Waals surface area contributed by atoms with E-state index in [0.29, 0.717) is 5.52 Å². The standard InChI is InChI=1S/C14H14N4O/c1-8-6-4-5-7-11(8)18-10(3)12-9(2)15-16-14(19)13(12)17-18/h4-7H,1-3H3,(H,16,19). The van der Waals surface area contributed by atoms with E-state index in [4.69, 9.17) is 0 Å². The van der Waals surface area contributed by atoms with Crippen LogP contribution in [-0.4, -0.2) is 20.0 Å². The number of nitrogens with zero attached hydrogens (tertiary/aromatic N) is 3. The molecule has 0 aliphatic carbocycles. The number of aryl methyl sites for hydroxylation is 3. The molecule has 0 fully saturated rings. The maximum Gasteiger partial charge on any atom is 0.292 e. The third-order valence-electron chi connectivity index (χ3n) is 3.36. The second-order valence-electron chi connectivity index (χ2n) is 4.65. The third-order valence-corrected chi connectivity index (χ3v) is 3.36. The van der Waals surface area contributed by atoms with Crippen molar-refractivity contribution in [3.05, 3.63) is 51.6 Å². The summed E-state index contributed by atoms with van der Waals surface area (Å²) in [6.07, 6.45) is 0. The average molecular weight is 254 g/mol. The van der Waals surface area contributed by atoms with Gasteiger partial charge in [-0.15, -0.1) is 0 Å². The molecule has 5 heteroatoms. The molecule has 0 bridgehead atoms. The van der Waals surface area contributed by atoms with Gasteiger partial charge in [0.05, 0.1) is 22.5 Å². The van der Waals surface area contributed by atoms with Crippen LogP contribution in [0, 0.1) is 20.8 Å². The van der Waals surface area contributed by atoms with Gasteiger partial charge in [-0.25, -0.2) is 9.78 Å². The fourth-order valence-corrected chi connectivity index (χ4v) is 2.37. The van der Waals surface area contributed by atoms with Gasteiger partial charge in [0.1, 0.15) is 0 Å². The number of hydrogen-bond donors (Lipinski definition) is 1. The lowest BCUT2D eigenvalue weighted by Crippen LogP contribution is -2.09. The van der Waals surface area contributed by atoms with E-state index in [-0.39, 0.29) is 5.56 Å². The number of aromatic amines is 1. The van der Waals surface area contributed by atoms with Crippen LogP contribution in [-0.2, 0) is 0 Å². The molecule has 0 spiro atoms. The highest BCUT2D eigenvalue weighted by molar-refractivity contribution is 5.83. The first-order valence-electron chi connectivity index (χ1n) is 6.10. The van der Waals surface area contributed by atoms with Gasteiger partial charge in [-0.05, 0) is 32.4 Å². The van der Waals surface area contributed by atoms with Gasteiger partial charge in [0.2, 0.25) is 0 Å². The molecule has 0 saturated heterocycles. The summed E-state index contributed by atoms with van der Waals surface area (Å²) in [5, 5.41) is 11.7. The first kappa shape index (κ1) is 11.6. The normalized spacial score (nSPS) is 11.1. The molecule has 2 heterocycles. The Bertz CT molecular complexity index is 829. The molecule has 1 N–H and O–H groups in total. The van der Waals surface area contributed by atoms with Crippen molar-refractivity contribution in [1.82, 2.24) is 20.0 Å². The van der Waals surface area contributed by atoms with Gasteiger partial charge in [0, 0.05) is 0 Å². The summed E-state index contributed by atoms with van der Waals surface area (Å²) in [5.41, 5.74) is 3.99. The van der Waals surface area contributed by atoms with Crippen molar-refractivity contribution >= 4 is 10.9 Å². The van der Waals surface area contributed by atoms with Crippen molar-refractivity contribution in [1.29, 1.82) is 0 Å². The Morgan fingerprint density at radius 2 is 1.89 bits per heavy atom. The molecule has 0 aliphatic rings. The van der Waals surface area contributed by atoms with Crippen molar-refractivity contribution in [2.75, 3.05) is 0 Å². The number of para-hydroxylation sites is 1. The SMILES string of the molecule is Cc1ccccc1-n1nc2c(=O)[nH]nc(C)c2c1C. The lowest BCUT2D eigenvalue weighted by Gasteiger charge is -2.07. The van der Waals surface area contributed by atoms with Crippen LogP contribution in [0.2, 0.25) is 0 Å². The number of fused-ring (bicyclic) bond motifs is 1. The van der Waals surface area contributed by atoms with Gasteiger partial charge in [-0.3, -0.25) is 4.79 Å². The zero-order valence-corrected chi connectivity index (χ0v) is 11.1. The molecule has 1 aromatic carbocycles. The molecule has 0 amide bonds. The maximum absolute atomic E-state index is 11.8. The Kier molecular flexibility index (Phi) is 2.48. The fourth-order valence-electron chi connectivity index (χ4n) is 2.37. The molecule has 0 unspecified atom stereocenters. The summed E-state index contributed by atoms with van der Waals surface area (Å²) in [7, 11) is 0. The van der Waals surface area contributed by atoms with Gasteiger partial charge in [-0.2, -0.15) is 10.2 Å². The summed E-state index contributed by atoms with van der Waals surface area (Å²) >= 11 is 0. The van der Waals surface area contributed by atoms with Crippen LogP contribution in [0.5, 0.6) is 0 Å².